The van der Waals surface area contributed by atoms with Crippen LogP contribution in [0.3, 0.4) is 0 Å². The Morgan fingerprint density at radius 3 is 2.50 bits per heavy atom. The number of hydrogen-bond donors (Lipinski definition) is 1. The van der Waals surface area contributed by atoms with Gasteiger partial charge in [-0.3, -0.25) is 5.43 Å². The number of morpholine rings is 1. The predicted octanol–water partition coefficient (Wildman–Crippen LogP) is 2.59. The van der Waals surface area contributed by atoms with Crippen LogP contribution >= 0.6 is 24.2 Å². The largest absolute Gasteiger partial charge is 0.454 e. The van der Waals surface area contributed by atoms with E-state index in [9.17, 15) is 8.42 Å². The van der Waals surface area contributed by atoms with Crippen LogP contribution in [-0.2, 0) is 14.8 Å². The van der Waals surface area contributed by atoms with E-state index in [0.717, 1.165) is 22.8 Å². The molecule has 3 aliphatic rings. The first kappa shape index (κ1) is 22.9. The molecule has 3 heterocycles. The quantitative estimate of drug-likeness (QED) is 0.694. The van der Waals surface area contributed by atoms with Crippen LogP contribution in [-0.4, -0.2) is 62.5 Å². The molecule has 2 aromatic carbocycles. The zero-order valence-electron chi connectivity index (χ0n) is 16.9. The number of nitrogens with zero attached hydrogens (tertiary/aromatic N) is 3. The zero-order valence-corrected chi connectivity index (χ0v) is 19.3. The lowest BCUT2D eigenvalue weighted by atomic mass is 10.1. The first-order valence-electron chi connectivity index (χ1n) is 9.72. The number of amidine groups is 1. The van der Waals surface area contributed by atoms with Crippen molar-refractivity contribution in [2.45, 2.75) is 4.90 Å². The van der Waals surface area contributed by atoms with E-state index in [1.165, 1.54) is 16.1 Å². The molecule has 0 amide bonds. The summed E-state index contributed by atoms with van der Waals surface area (Å²) in [6.45, 7) is 1.82. The SMILES string of the molecule is Cl.O=S(=O)(c1ccc(N=C2NN=C(c3ccc4c(c3)OCO4)CS2)cc1)N1CCOCC1. The van der Waals surface area contributed by atoms with Crippen molar-refractivity contribution in [1.29, 1.82) is 0 Å². The molecule has 0 radical (unpaired) electrons. The van der Waals surface area contributed by atoms with E-state index in [-0.39, 0.29) is 24.1 Å². The smallest absolute Gasteiger partial charge is 0.243 e. The molecule has 0 spiro atoms. The fraction of sp³-hybridized carbons (Fsp3) is 0.300. The molecule has 0 bridgehead atoms. The first-order chi connectivity index (χ1) is 15.1. The van der Waals surface area contributed by atoms with Gasteiger partial charge in [0.25, 0.3) is 0 Å². The Morgan fingerprint density at radius 2 is 1.78 bits per heavy atom. The van der Waals surface area contributed by atoms with Crippen molar-refractivity contribution in [3.8, 4) is 11.5 Å². The maximum Gasteiger partial charge on any atom is 0.243 e. The third-order valence-electron chi connectivity index (χ3n) is 5.01. The number of ether oxygens (including phenoxy) is 3. The minimum absolute atomic E-state index is 0. The maximum atomic E-state index is 12.7. The van der Waals surface area contributed by atoms with E-state index in [1.54, 1.807) is 24.3 Å². The van der Waals surface area contributed by atoms with Gasteiger partial charge < -0.3 is 14.2 Å². The van der Waals surface area contributed by atoms with Gasteiger partial charge in [-0.2, -0.15) is 9.41 Å². The van der Waals surface area contributed by atoms with E-state index < -0.39 is 10.0 Å². The number of sulfonamides is 1. The van der Waals surface area contributed by atoms with Crippen LogP contribution in [0, 0.1) is 0 Å². The summed E-state index contributed by atoms with van der Waals surface area (Å²) in [6.07, 6.45) is 0. The number of fused-ring (bicyclic) bond motifs is 1. The Balaban J connectivity index is 0.00000245. The molecule has 1 saturated heterocycles. The molecule has 170 valence electrons. The summed E-state index contributed by atoms with van der Waals surface area (Å²) < 4.78 is 42.9. The Labute approximate surface area is 196 Å². The highest BCUT2D eigenvalue weighted by molar-refractivity contribution is 8.14. The lowest BCUT2D eigenvalue weighted by Crippen LogP contribution is -2.40. The van der Waals surface area contributed by atoms with Crippen molar-refractivity contribution in [3.63, 3.8) is 0 Å². The Kier molecular flexibility index (Phi) is 6.91. The molecule has 2 aromatic rings. The summed E-state index contributed by atoms with van der Waals surface area (Å²) >= 11 is 1.52. The second kappa shape index (κ2) is 9.67. The summed E-state index contributed by atoms with van der Waals surface area (Å²) in [5, 5.41) is 5.07. The van der Waals surface area contributed by atoms with Gasteiger partial charge >= 0.3 is 0 Å². The van der Waals surface area contributed by atoms with Gasteiger partial charge in [0.15, 0.2) is 16.7 Å². The Hall–Kier alpha value is -2.31. The summed E-state index contributed by atoms with van der Waals surface area (Å²) in [7, 11) is -3.51. The molecule has 32 heavy (non-hydrogen) atoms. The molecule has 5 rings (SSSR count). The lowest BCUT2D eigenvalue weighted by Gasteiger charge is -2.26. The average molecular weight is 497 g/mol. The summed E-state index contributed by atoms with van der Waals surface area (Å²) in [5.41, 5.74) is 5.46. The van der Waals surface area contributed by atoms with Crippen LogP contribution in [0.1, 0.15) is 5.56 Å². The number of thioether (sulfide) groups is 1. The Bertz CT molecular complexity index is 1150. The molecule has 1 N–H and O–H groups in total. The first-order valence-corrected chi connectivity index (χ1v) is 12.1. The van der Waals surface area contributed by atoms with Gasteiger partial charge in [-0.15, -0.1) is 12.4 Å². The van der Waals surface area contributed by atoms with Crippen LogP contribution in [0.5, 0.6) is 11.5 Å². The number of nitrogens with one attached hydrogen (secondary N) is 1. The van der Waals surface area contributed by atoms with Crippen molar-refractivity contribution in [3.05, 3.63) is 48.0 Å². The topological polar surface area (TPSA) is 102 Å². The molecule has 0 atom stereocenters. The minimum Gasteiger partial charge on any atom is -0.454 e. The second-order valence-electron chi connectivity index (χ2n) is 6.95. The van der Waals surface area contributed by atoms with E-state index in [4.69, 9.17) is 14.2 Å². The standard InChI is InChI=1S/C20H20N4O5S2.ClH/c25-31(26,24-7-9-27-10-8-24)16-4-2-15(3-5-16)21-20-23-22-17(12-30-20)14-1-6-18-19(11-14)29-13-28-18;/h1-6,11H,7-10,12-13H2,(H,21,23);1H. The van der Waals surface area contributed by atoms with Gasteiger partial charge in [-0.25, -0.2) is 13.4 Å². The van der Waals surface area contributed by atoms with E-state index in [0.29, 0.717) is 42.9 Å². The monoisotopic (exact) mass is 496 g/mol. The van der Waals surface area contributed by atoms with Crippen molar-refractivity contribution in [2.24, 2.45) is 10.1 Å². The molecular weight excluding hydrogens is 476 g/mol. The summed E-state index contributed by atoms with van der Waals surface area (Å²) in [4.78, 5) is 4.78. The van der Waals surface area contributed by atoms with Crippen LogP contribution in [0.15, 0.2) is 57.5 Å². The fourth-order valence-electron chi connectivity index (χ4n) is 3.34. The third-order valence-corrected chi connectivity index (χ3v) is 7.80. The fourth-order valence-corrected chi connectivity index (χ4v) is 5.54. The number of halogens is 1. The van der Waals surface area contributed by atoms with Crippen molar-refractivity contribution in [2.75, 3.05) is 38.8 Å². The van der Waals surface area contributed by atoms with Crippen LogP contribution in [0.4, 0.5) is 5.69 Å². The van der Waals surface area contributed by atoms with Gasteiger partial charge in [-0.1, -0.05) is 11.8 Å². The van der Waals surface area contributed by atoms with Crippen molar-refractivity contribution < 1.29 is 22.6 Å². The highest BCUT2D eigenvalue weighted by Gasteiger charge is 2.26. The van der Waals surface area contributed by atoms with Crippen molar-refractivity contribution in [1.82, 2.24) is 9.73 Å². The average Bonchev–Trinajstić information content (AvgIpc) is 3.29. The molecule has 9 nitrogen and oxygen atoms in total. The third kappa shape index (κ3) is 4.71. The normalized spacial score (nSPS) is 19.8. The minimum atomic E-state index is -3.51. The second-order valence-corrected chi connectivity index (χ2v) is 9.86. The number of hydrogen-bond acceptors (Lipinski definition) is 8. The summed E-state index contributed by atoms with van der Waals surface area (Å²) in [6, 6.07) is 12.3. The highest BCUT2D eigenvalue weighted by Crippen LogP contribution is 2.33. The zero-order chi connectivity index (χ0) is 21.3. The Morgan fingerprint density at radius 1 is 1.03 bits per heavy atom. The van der Waals surface area contributed by atoms with Gasteiger partial charge in [0.05, 0.1) is 29.5 Å². The molecule has 3 aliphatic heterocycles. The number of aliphatic imine (C=N–C) groups is 1. The van der Waals surface area contributed by atoms with E-state index >= 15 is 0 Å². The molecule has 0 aromatic heterocycles. The summed E-state index contributed by atoms with van der Waals surface area (Å²) in [5.74, 6) is 2.11. The van der Waals surface area contributed by atoms with Gasteiger partial charge in [0.1, 0.15) is 0 Å². The van der Waals surface area contributed by atoms with Gasteiger partial charge in [0.2, 0.25) is 16.8 Å². The molecule has 1 fully saturated rings. The van der Waals surface area contributed by atoms with Crippen LogP contribution in [0.2, 0.25) is 0 Å². The molecule has 0 saturated carbocycles. The van der Waals surface area contributed by atoms with Gasteiger partial charge in [-0.05, 0) is 42.5 Å². The highest BCUT2D eigenvalue weighted by atomic mass is 35.5. The van der Waals surface area contributed by atoms with E-state index in [2.05, 4.69) is 15.5 Å². The molecule has 12 heteroatoms. The number of benzene rings is 2. The lowest BCUT2D eigenvalue weighted by molar-refractivity contribution is 0.0730. The molecule has 0 aliphatic carbocycles. The number of rotatable bonds is 4. The van der Waals surface area contributed by atoms with E-state index in [1.807, 2.05) is 18.2 Å². The van der Waals surface area contributed by atoms with Crippen LogP contribution < -0.4 is 14.9 Å². The van der Waals surface area contributed by atoms with Crippen molar-refractivity contribution >= 4 is 50.8 Å². The van der Waals surface area contributed by atoms with Crippen LogP contribution in [0.25, 0.3) is 0 Å². The number of hydrazone groups is 1. The predicted molar refractivity (Wildman–Crippen MR) is 125 cm³/mol. The van der Waals surface area contributed by atoms with Gasteiger partial charge in [0, 0.05) is 24.4 Å². The molecule has 0 unspecified atom stereocenters. The maximum absolute atomic E-state index is 12.7. The molecular formula is C20H21ClN4O5S2.